The van der Waals surface area contributed by atoms with Crippen LogP contribution in [0.5, 0.6) is 0 Å². The van der Waals surface area contributed by atoms with Crippen molar-refractivity contribution < 1.29 is 0 Å². The summed E-state index contributed by atoms with van der Waals surface area (Å²) in [7, 11) is 0. The molecule has 0 saturated carbocycles. The molecule has 0 aliphatic heterocycles. The Bertz CT molecular complexity index is 1520. The highest BCUT2D eigenvalue weighted by molar-refractivity contribution is 7.12. The highest BCUT2D eigenvalue weighted by Gasteiger charge is 2.04. The Kier molecular flexibility index (Phi) is 4.07. The molecule has 144 valence electrons. The second-order valence-corrected chi connectivity index (χ2v) is 12.5. The Morgan fingerprint density at radius 2 is 0.433 bits per heavy atom. The van der Waals surface area contributed by atoms with Gasteiger partial charge < -0.3 is 0 Å². The first kappa shape index (κ1) is 17.8. The Morgan fingerprint density at radius 1 is 0.267 bits per heavy atom. The Balaban J connectivity index is 2.16. The maximum atomic E-state index is 2.30. The van der Waals surface area contributed by atoms with Crippen LogP contribution >= 0.6 is 68.0 Å². The zero-order valence-electron chi connectivity index (χ0n) is 15.4. The van der Waals surface area contributed by atoms with Crippen LogP contribution in [0.15, 0.2) is 68.7 Å². The van der Waals surface area contributed by atoms with Gasteiger partial charge in [-0.1, -0.05) is 0 Å². The number of hydrogen-bond acceptors (Lipinski definition) is 6. The van der Waals surface area contributed by atoms with Gasteiger partial charge in [-0.05, 0) is 68.7 Å². The van der Waals surface area contributed by atoms with E-state index in [9.17, 15) is 0 Å². The fourth-order valence-electron chi connectivity index (χ4n) is 4.18. The normalized spacial score (nSPS) is 19.2. The summed E-state index contributed by atoms with van der Waals surface area (Å²) in [6, 6.07) is 13.8. The van der Waals surface area contributed by atoms with E-state index in [0.29, 0.717) is 0 Å². The molecule has 0 atom stereocenters. The summed E-state index contributed by atoms with van der Waals surface area (Å²) >= 11 is 11.2. The van der Waals surface area contributed by atoms with E-state index in [4.69, 9.17) is 0 Å². The van der Waals surface area contributed by atoms with Crippen molar-refractivity contribution in [3.05, 3.63) is 127 Å². The highest BCUT2D eigenvalue weighted by atomic mass is 32.1. The van der Waals surface area contributed by atoms with Crippen LogP contribution in [0.25, 0.3) is 0 Å². The van der Waals surface area contributed by atoms with Gasteiger partial charge in [0.05, 0.1) is 27.2 Å². The van der Waals surface area contributed by atoms with Crippen molar-refractivity contribution in [2.24, 2.45) is 0 Å². The third-order valence-electron chi connectivity index (χ3n) is 5.48. The van der Waals surface area contributed by atoms with Crippen LogP contribution in [-0.4, -0.2) is 0 Å². The predicted octanol–water partition coefficient (Wildman–Crippen LogP) is 8.09. The van der Waals surface area contributed by atoms with Crippen molar-refractivity contribution in [2.45, 2.75) is 0 Å². The lowest BCUT2D eigenvalue weighted by Gasteiger charge is -1.87. The largest absolute Gasteiger partial charge is 0.142 e. The topological polar surface area (TPSA) is 0 Å². The third-order valence-corrected chi connectivity index (χ3v) is 11.5. The van der Waals surface area contributed by atoms with E-state index in [1.54, 1.807) is 0 Å². The van der Waals surface area contributed by atoms with Gasteiger partial charge in [0.15, 0.2) is 0 Å². The summed E-state index contributed by atoms with van der Waals surface area (Å²) < 4.78 is 8.34. The molecule has 0 saturated heterocycles. The summed E-state index contributed by atoms with van der Waals surface area (Å²) in [6.45, 7) is 0. The van der Waals surface area contributed by atoms with E-state index in [1.807, 2.05) is 68.0 Å². The lowest BCUT2D eigenvalue weighted by molar-refractivity contribution is 1.45. The average Bonchev–Trinajstić information content (AvgIpc) is 3.56. The first-order valence-corrected chi connectivity index (χ1v) is 14.6. The van der Waals surface area contributed by atoms with E-state index < -0.39 is 0 Å². The monoisotopic (exact) mass is 492 g/mol. The van der Waals surface area contributed by atoms with Crippen LogP contribution in [0.4, 0.5) is 0 Å². The van der Waals surface area contributed by atoms with Crippen molar-refractivity contribution in [1.82, 2.24) is 0 Å². The van der Waals surface area contributed by atoms with Crippen molar-refractivity contribution in [3.8, 4) is 0 Å². The van der Waals surface area contributed by atoms with Gasteiger partial charge >= 0.3 is 0 Å². The molecule has 0 unspecified atom stereocenters. The van der Waals surface area contributed by atoms with E-state index in [-0.39, 0.29) is 0 Å². The number of hydrogen-bond donors (Lipinski definition) is 0. The molecule has 0 bridgehead atoms. The average molecular weight is 493 g/mol. The summed E-state index contributed by atoms with van der Waals surface area (Å²) in [5.41, 5.74) is 0. The first-order valence-electron chi connectivity index (χ1n) is 9.37. The molecule has 6 heterocycles. The highest BCUT2D eigenvalue weighted by Crippen LogP contribution is 2.23. The zero-order chi connectivity index (χ0) is 19.7. The molecule has 0 spiro atoms. The van der Waals surface area contributed by atoms with Crippen LogP contribution in [0, 0.1) is 58.5 Å². The van der Waals surface area contributed by atoms with Gasteiger partial charge in [0.2, 0.25) is 0 Å². The molecular formula is C24H12S6. The van der Waals surface area contributed by atoms with E-state index in [2.05, 4.69) is 68.7 Å². The van der Waals surface area contributed by atoms with Gasteiger partial charge in [-0.15, -0.1) is 68.0 Å². The van der Waals surface area contributed by atoms with Crippen LogP contribution in [0.2, 0.25) is 0 Å². The Labute approximate surface area is 193 Å². The van der Waals surface area contributed by atoms with Crippen molar-refractivity contribution >= 4 is 68.0 Å². The molecular weight excluding hydrogens is 481 g/mol. The second kappa shape index (κ2) is 6.85. The molecule has 7 rings (SSSR count). The Morgan fingerprint density at radius 3 is 0.600 bits per heavy atom. The second-order valence-electron chi connectivity index (χ2n) is 6.98. The molecule has 0 N–H and O–H groups in total. The van der Waals surface area contributed by atoms with Gasteiger partial charge in [0.1, 0.15) is 0 Å². The van der Waals surface area contributed by atoms with Gasteiger partial charge in [0, 0.05) is 31.3 Å². The number of fused-ring (bicyclic) bond motifs is 6. The van der Waals surface area contributed by atoms with E-state index in [1.165, 1.54) is 58.5 Å². The fourth-order valence-corrected chi connectivity index (χ4v) is 10.2. The minimum atomic E-state index is 1.36. The van der Waals surface area contributed by atoms with Crippen molar-refractivity contribution in [2.75, 3.05) is 0 Å². The molecule has 6 aromatic heterocycles. The predicted molar refractivity (Wildman–Crippen MR) is 132 cm³/mol. The zero-order valence-corrected chi connectivity index (χ0v) is 20.3. The SMILES string of the molecule is c1cc2/c(s1)=c1/scc/c1=c1\ccs\c1=c1/scc/c1=c1\ccs\c1=c1/scc/c1=2. The fraction of sp³-hybridized carbons (Fsp3) is 0. The van der Waals surface area contributed by atoms with Gasteiger partial charge in [-0.25, -0.2) is 0 Å². The van der Waals surface area contributed by atoms with Crippen LogP contribution in [0.3, 0.4) is 0 Å². The first-order chi connectivity index (χ1) is 14.9. The minimum Gasteiger partial charge on any atom is -0.142 e. The molecule has 30 heavy (non-hydrogen) atoms. The lowest BCUT2D eigenvalue weighted by Crippen LogP contribution is -1.76. The standard InChI is InChI=1S/C24H12S6/c1-7-25-19-13(1)14-2-8-26-20(14)22-17(5-10-28-22)18-6-12-30-24(18)23-16(4-11-29-23)15-3-9-27-21(15)19/h1-12H/b14-13-,16-15-,18-17-,21-19-,22-20-,24-23-. The van der Waals surface area contributed by atoms with E-state index >= 15 is 0 Å². The smallest absolute Gasteiger partial charge is 0.0527 e. The maximum Gasteiger partial charge on any atom is 0.0527 e. The van der Waals surface area contributed by atoms with E-state index in [0.717, 1.165) is 0 Å². The molecule has 6 aromatic rings. The lowest BCUT2D eigenvalue weighted by atomic mass is 10.2. The molecule has 1 aliphatic rings. The van der Waals surface area contributed by atoms with Gasteiger partial charge in [-0.3, -0.25) is 0 Å². The Hall–Kier alpha value is -1.80. The van der Waals surface area contributed by atoms with Crippen LogP contribution < -0.4 is 0 Å². The molecule has 1 aliphatic carbocycles. The maximum absolute atomic E-state index is 2.30. The quantitative estimate of drug-likeness (QED) is 0.201. The summed E-state index contributed by atoms with van der Waals surface area (Å²) in [5.74, 6) is 0. The molecule has 0 aromatic carbocycles. The summed E-state index contributed by atoms with van der Waals surface area (Å²) in [4.78, 5) is 0. The van der Waals surface area contributed by atoms with Gasteiger partial charge in [-0.2, -0.15) is 0 Å². The van der Waals surface area contributed by atoms with Crippen molar-refractivity contribution in [1.29, 1.82) is 0 Å². The molecule has 0 fully saturated rings. The third kappa shape index (κ3) is 2.46. The molecule has 0 radical (unpaired) electrons. The molecule has 6 heteroatoms. The summed E-state index contributed by atoms with van der Waals surface area (Å²) in [6.07, 6.45) is 0. The van der Waals surface area contributed by atoms with Crippen LogP contribution in [-0.2, 0) is 0 Å². The van der Waals surface area contributed by atoms with Crippen molar-refractivity contribution in [3.63, 3.8) is 0 Å². The summed E-state index contributed by atoms with van der Waals surface area (Å²) in [5, 5.41) is 21.7. The molecule has 0 amide bonds. The van der Waals surface area contributed by atoms with Crippen LogP contribution in [0.1, 0.15) is 0 Å². The molecule has 0 nitrogen and oxygen atoms in total. The number of rotatable bonds is 0. The minimum absolute atomic E-state index is 1.36. The number of thiophene rings is 6. The van der Waals surface area contributed by atoms with Gasteiger partial charge in [0.25, 0.3) is 0 Å².